The van der Waals surface area contributed by atoms with Gasteiger partial charge in [0.15, 0.2) is 0 Å². The molecule has 0 aliphatic heterocycles. The summed E-state index contributed by atoms with van der Waals surface area (Å²) in [6.07, 6.45) is 5.94. The van der Waals surface area contributed by atoms with Gasteiger partial charge in [-0.05, 0) is 55.9 Å². The second kappa shape index (κ2) is 6.14. The van der Waals surface area contributed by atoms with Gasteiger partial charge in [0.25, 0.3) is 0 Å². The Labute approximate surface area is 121 Å². The zero-order chi connectivity index (χ0) is 14.8. The predicted octanol–water partition coefficient (Wildman–Crippen LogP) is 2.74. The summed E-state index contributed by atoms with van der Waals surface area (Å²) in [6.45, 7) is 4.32. The highest BCUT2D eigenvalue weighted by atomic mass is 32.2. The van der Waals surface area contributed by atoms with Gasteiger partial charge in [-0.15, -0.1) is 0 Å². The lowest BCUT2D eigenvalue weighted by molar-refractivity contribution is 0.357. The minimum atomic E-state index is -3.45. The Bertz CT molecular complexity index is 553. The highest BCUT2D eigenvalue weighted by Gasteiger charge is 2.19. The largest absolute Gasteiger partial charge is 0.398 e. The van der Waals surface area contributed by atoms with Crippen molar-refractivity contribution in [1.82, 2.24) is 4.72 Å². The van der Waals surface area contributed by atoms with Crippen LogP contribution in [0.2, 0.25) is 0 Å². The van der Waals surface area contributed by atoms with E-state index >= 15 is 0 Å². The summed E-state index contributed by atoms with van der Waals surface area (Å²) in [6, 6.07) is 3.24. The summed E-state index contributed by atoms with van der Waals surface area (Å²) in [5.41, 5.74) is 8.24. The van der Waals surface area contributed by atoms with Gasteiger partial charge in [-0.1, -0.05) is 19.3 Å². The number of hydrogen-bond donors (Lipinski definition) is 2. The van der Waals surface area contributed by atoms with Crippen LogP contribution in [0.4, 0.5) is 5.69 Å². The molecule has 0 spiro atoms. The number of nitrogens with one attached hydrogen (secondary N) is 1. The van der Waals surface area contributed by atoms with Crippen molar-refractivity contribution in [2.45, 2.75) is 50.8 Å². The normalized spacial score (nSPS) is 17.3. The molecule has 1 fully saturated rings. The molecule has 1 aliphatic carbocycles. The summed E-state index contributed by atoms with van der Waals surface area (Å²) >= 11 is 0. The monoisotopic (exact) mass is 296 g/mol. The van der Waals surface area contributed by atoms with E-state index in [1.165, 1.54) is 19.3 Å². The molecule has 1 aliphatic rings. The van der Waals surface area contributed by atoms with Crippen LogP contribution in [0.1, 0.15) is 43.2 Å². The molecular weight excluding hydrogens is 272 g/mol. The first-order valence-corrected chi connectivity index (χ1v) is 8.75. The van der Waals surface area contributed by atoms with Gasteiger partial charge in [-0.25, -0.2) is 13.1 Å². The van der Waals surface area contributed by atoms with Crippen LogP contribution in [0.3, 0.4) is 0 Å². The zero-order valence-electron chi connectivity index (χ0n) is 12.3. The van der Waals surface area contributed by atoms with E-state index < -0.39 is 10.0 Å². The van der Waals surface area contributed by atoms with Crippen molar-refractivity contribution in [3.05, 3.63) is 23.3 Å². The summed E-state index contributed by atoms with van der Waals surface area (Å²) in [7, 11) is -3.45. The number of benzene rings is 1. The number of aryl methyl sites for hydroxylation is 1. The van der Waals surface area contributed by atoms with Crippen molar-refractivity contribution < 1.29 is 8.42 Å². The maximum Gasteiger partial charge on any atom is 0.240 e. The highest BCUT2D eigenvalue weighted by Crippen LogP contribution is 2.24. The first-order chi connectivity index (χ1) is 9.40. The van der Waals surface area contributed by atoms with Gasteiger partial charge in [0.1, 0.15) is 0 Å². The maximum absolute atomic E-state index is 12.3. The van der Waals surface area contributed by atoms with E-state index in [2.05, 4.69) is 4.72 Å². The van der Waals surface area contributed by atoms with E-state index in [1.54, 1.807) is 12.1 Å². The molecule has 20 heavy (non-hydrogen) atoms. The SMILES string of the molecule is Cc1cc(S(=O)(=O)NCC2CCCCC2)cc(N)c1C. The lowest BCUT2D eigenvalue weighted by atomic mass is 9.90. The van der Waals surface area contributed by atoms with Crippen LogP contribution in [0.25, 0.3) is 0 Å². The molecule has 4 nitrogen and oxygen atoms in total. The van der Waals surface area contributed by atoms with Gasteiger partial charge >= 0.3 is 0 Å². The van der Waals surface area contributed by atoms with E-state index in [-0.39, 0.29) is 4.90 Å². The van der Waals surface area contributed by atoms with Gasteiger partial charge in [-0.3, -0.25) is 0 Å². The average Bonchev–Trinajstić information content (AvgIpc) is 2.43. The van der Waals surface area contributed by atoms with Crippen molar-refractivity contribution in [1.29, 1.82) is 0 Å². The van der Waals surface area contributed by atoms with E-state index in [0.29, 0.717) is 18.2 Å². The second-order valence-corrected chi connectivity index (χ2v) is 7.58. The Morgan fingerprint density at radius 3 is 2.45 bits per heavy atom. The molecule has 0 bridgehead atoms. The molecule has 0 atom stereocenters. The standard InChI is InChI=1S/C15H24N2O2S/c1-11-8-14(9-15(16)12(11)2)20(18,19)17-10-13-6-4-3-5-7-13/h8-9,13,17H,3-7,10,16H2,1-2H3. The van der Waals surface area contributed by atoms with Crippen LogP contribution in [-0.4, -0.2) is 15.0 Å². The Kier molecular flexibility index (Phi) is 4.70. The van der Waals surface area contributed by atoms with Crippen LogP contribution < -0.4 is 10.5 Å². The first-order valence-electron chi connectivity index (χ1n) is 7.26. The summed E-state index contributed by atoms with van der Waals surface area (Å²) < 4.78 is 27.4. The zero-order valence-corrected chi connectivity index (χ0v) is 13.1. The van der Waals surface area contributed by atoms with E-state index in [1.807, 2.05) is 13.8 Å². The van der Waals surface area contributed by atoms with Crippen LogP contribution in [0.5, 0.6) is 0 Å². The molecule has 5 heteroatoms. The number of hydrogen-bond acceptors (Lipinski definition) is 3. The molecule has 0 unspecified atom stereocenters. The number of rotatable bonds is 4. The fourth-order valence-electron chi connectivity index (χ4n) is 2.71. The average molecular weight is 296 g/mol. The fourth-order valence-corrected chi connectivity index (χ4v) is 3.95. The molecule has 0 aromatic heterocycles. The van der Waals surface area contributed by atoms with Gasteiger partial charge in [0.2, 0.25) is 10.0 Å². The lowest BCUT2D eigenvalue weighted by Crippen LogP contribution is -2.30. The lowest BCUT2D eigenvalue weighted by Gasteiger charge is -2.21. The Balaban J connectivity index is 2.10. The number of nitrogen functional groups attached to an aromatic ring is 1. The quantitative estimate of drug-likeness (QED) is 0.839. The highest BCUT2D eigenvalue weighted by molar-refractivity contribution is 7.89. The molecule has 1 aromatic rings. The van der Waals surface area contributed by atoms with Gasteiger partial charge in [0.05, 0.1) is 4.90 Å². The van der Waals surface area contributed by atoms with Crippen LogP contribution in [0.15, 0.2) is 17.0 Å². The third kappa shape index (κ3) is 3.52. The van der Waals surface area contributed by atoms with Crippen molar-refractivity contribution >= 4 is 15.7 Å². The molecule has 0 radical (unpaired) electrons. The summed E-state index contributed by atoms with van der Waals surface area (Å²) in [5.74, 6) is 0.474. The molecule has 112 valence electrons. The fraction of sp³-hybridized carbons (Fsp3) is 0.600. The van der Waals surface area contributed by atoms with Crippen LogP contribution >= 0.6 is 0 Å². The van der Waals surface area contributed by atoms with Gasteiger partial charge < -0.3 is 5.73 Å². The Morgan fingerprint density at radius 2 is 1.85 bits per heavy atom. The third-order valence-corrected chi connectivity index (χ3v) is 5.68. The minimum Gasteiger partial charge on any atom is -0.398 e. The third-order valence-electron chi connectivity index (χ3n) is 4.28. The smallest absolute Gasteiger partial charge is 0.240 e. The molecular formula is C15H24N2O2S. The number of nitrogens with two attached hydrogens (primary N) is 1. The molecule has 0 heterocycles. The van der Waals surface area contributed by atoms with Gasteiger partial charge in [-0.2, -0.15) is 0 Å². The maximum atomic E-state index is 12.3. The number of anilines is 1. The van der Waals surface area contributed by atoms with E-state index in [0.717, 1.165) is 24.0 Å². The van der Waals surface area contributed by atoms with Gasteiger partial charge in [0, 0.05) is 12.2 Å². The molecule has 0 saturated heterocycles. The topological polar surface area (TPSA) is 72.2 Å². The summed E-state index contributed by atoms with van der Waals surface area (Å²) in [4.78, 5) is 0.272. The molecule has 0 amide bonds. The predicted molar refractivity (Wildman–Crippen MR) is 82.1 cm³/mol. The van der Waals surface area contributed by atoms with Crippen LogP contribution in [0, 0.1) is 19.8 Å². The van der Waals surface area contributed by atoms with E-state index in [4.69, 9.17) is 5.73 Å². The van der Waals surface area contributed by atoms with Crippen LogP contribution in [-0.2, 0) is 10.0 Å². The molecule has 1 aromatic carbocycles. The second-order valence-electron chi connectivity index (χ2n) is 5.81. The number of sulfonamides is 1. The van der Waals surface area contributed by atoms with Crippen molar-refractivity contribution in [2.75, 3.05) is 12.3 Å². The molecule has 2 rings (SSSR count). The van der Waals surface area contributed by atoms with Crippen molar-refractivity contribution in [2.24, 2.45) is 5.92 Å². The molecule has 1 saturated carbocycles. The van der Waals surface area contributed by atoms with Crippen molar-refractivity contribution in [3.63, 3.8) is 0 Å². The Hall–Kier alpha value is -1.07. The summed E-state index contributed by atoms with van der Waals surface area (Å²) in [5, 5.41) is 0. The first kappa shape index (κ1) is 15.3. The van der Waals surface area contributed by atoms with Crippen molar-refractivity contribution in [3.8, 4) is 0 Å². The minimum absolute atomic E-state index is 0.272. The molecule has 3 N–H and O–H groups in total. The van der Waals surface area contributed by atoms with E-state index in [9.17, 15) is 8.42 Å². The Morgan fingerprint density at radius 1 is 1.20 bits per heavy atom.